The van der Waals surface area contributed by atoms with Gasteiger partial charge in [0, 0.05) is 4.88 Å². The zero-order valence-electron chi connectivity index (χ0n) is 15.3. The molecule has 2 aromatic heterocycles. The highest BCUT2D eigenvalue weighted by Crippen LogP contribution is 2.31. The summed E-state index contributed by atoms with van der Waals surface area (Å²) in [5.74, 6) is -0.863. The molecule has 0 aliphatic rings. The van der Waals surface area contributed by atoms with E-state index in [1.165, 1.54) is 23.5 Å². The van der Waals surface area contributed by atoms with Crippen molar-refractivity contribution in [2.75, 3.05) is 12.0 Å². The predicted octanol–water partition coefficient (Wildman–Crippen LogP) is 4.16. The van der Waals surface area contributed by atoms with E-state index in [9.17, 15) is 22.8 Å². The van der Waals surface area contributed by atoms with Crippen LogP contribution in [0.1, 0.15) is 22.9 Å². The third kappa shape index (κ3) is 4.35. The molecule has 0 unspecified atom stereocenters. The number of hydrogen-bond acceptors (Lipinski definition) is 5. The van der Waals surface area contributed by atoms with Crippen LogP contribution in [-0.4, -0.2) is 22.2 Å². The lowest BCUT2D eigenvalue weighted by Crippen LogP contribution is -2.36. The lowest BCUT2D eigenvalue weighted by Gasteiger charge is -2.11. The number of H-pyrrole nitrogens is 1. The Balaban J connectivity index is 1.80. The highest BCUT2D eigenvalue weighted by atomic mass is 32.1. The second kappa shape index (κ2) is 7.99. The normalized spacial score (nSPS) is 11.6. The van der Waals surface area contributed by atoms with Gasteiger partial charge in [0.25, 0.3) is 11.5 Å². The Bertz CT molecular complexity index is 1190. The first-order valence-corrected chi connectivity index (χ1v) is 9.71. The standard InChI is InChI=1S/C18H16F3N3O3S2/c1-3-12-9(2)29-15-14(12)16(26)24(17(28)22-15)23-13(25)8-27-11-6-4-5-10(7-11)18(19,20)21/h4-7H,3,8H2,1-2H3,(H,22,28)(H,23,25). The van der Waals surface area contributed by atoms with Gasteiger partial charge in [-0.05, 0) is 49.3 Å². The number of halogens is 3. The molecule has 3 aromatic rings. The molecule has 2 heterocycles. The third-order valence-corrected chi connectivity index (χ3v) is 5.52. The lowest BCUT2D eigenvalue weighted by atomic mass is 10.1. The fourth-order valence-electron chi connectivity index (χ4n) is 2.85. The van der Waals surface area contributed by atoms with Crippen molar-refractivity contribution in [2.24, 2.45) is 0 Å². The number of aromatic nitrogens is 2. The van der Waals surface area contributed by atoms with Crippen LogP contribution < -0.4 is 15.7 Å². The number of amides is 1. The number of alkyl halides is 3. The molecule has 0 fully saturated rings. The number of aromatic amines is 1. The van der Waals surface area contributed by atoms with E-state index >= 15 is 0 Å². The maximum atomic E-state index is 12.8. The van der Waals surface area contributed by atoms with Gasteiger partial charge in [-0.1, -0.05) is 13.0 Å². The Labute approximate surface area is 171 Å². The smallest absolute Gasteiger partial charge is 0.416 e. The second-order valence-electron chi connectivity index (χ2n) is 6.11. The molecule has 0 spiro atoms. The second-order valence-corrected chi connectivity index (χ2v) is 7.73. The molecule has 3 rings (SSSR count). The molecule has 0 saturated heterocycles. The summed E-state index contributed by atoms with van der Waals surface area (Å²) in [6.07, 6.45) is -3.88. The molecule has 1 amide bonds. The minimum Gasteiger partial charge on any atom is -0.484 e. The number of carbonyl (C=O) groups is 1. The molecule has 0 aliphatic heterocycles. The van der Waals surface area contributed by atoms with Gasteiger partial charge < -0.3 is 9.72 Å². The van der Waals surface area contributed by atoms with Crippen LogP contribution in [0.25, 0.3) is 10.2 Å². The van der Waals surface area contributed by atoms with E-state index in [1.54, 1.807) is 0 Å². The number of thiophene rings is 1. The van der Waals surface area contributed by atoms with Crippen molar-refractivity contribution in [1.29, 1.82) is 0 Å². The van der Waals surface area contributed by atoms with Crippen molar-refractivity contribution in [1.82, 2.24) is 9.66 Å². The van der Waals surface area contributed by atoms with Gasteiger partial charge in [0.05, 0.1) is 10.9 Å². The number of carbonyl (C=O) groups excluding carboxylic acids is 1. The van der Waals surface area contributed by atoms with Crippen LogP contribution in [0.15, 0.2) is 29.1 Å². The van der Waals surface area contributed by atoms with Crippen LogP contribution in [0.3, 0.4) is 0 Å². The molecule has 29 heavy (non-hydrogen) atoms. The summed E-state index contributed by atoms with van der Waals surface area (Å²) >= 11 is 6.55. The van der Waals surface area contributed by atoms with Crippen molar-refractivity contribution in [2.45, 2.75) is 26.4 Å². The number of benzene rings is 1. The third-order valence-electron chi connectivity index (χ3n) is 4.17. The van der Waals surface area contributed by atoms with Gasteiger partial charge in [-0.3, -0.25) is 15.0 Å². The van der Waals surface area contributed by atoms with Gasteiger partial charge in [-0.15, -0.1) is 11.3 Å². The van der Waals surface area contributed by atoms with Crippen molar-refractivity contribution >= 4 is 39.7 Å². The van der Waals surface area contributed by atoms with Crippen LogP contribution in [0.2, 0.25) is 0 Å². The Morgan fingerprint density at radius 1 is 1.38 bits per heavy atom. The number of hydrogen-bond donors (Lipinski definition) is 2. The Morgan fingerprint density at radius 3 is 2.76 bits per heavy atom. The highest BCUT2D eigenvalue weighted by Gasteiger charge is 2.30. The maximum absolute atomic E-state index is 12.8. The van der Waals surface area contributed by atoms with E-state index in [1.807, 2.05) is 13.8 Å². The van der Waals surface area contributed by atoms with Gasteiger partial charge >= 0.3 is 6.18 Å². The average Bonchev–Trinajstić information content (AvgIpc) is 2.98. The van der Waals surface area contributed by atoms with E-state index in [0.29, 0.717) is 16.6 Å². The topological polar surface area (TPSA) is 76.1 Å². The Hall–Kier alpha value is -2.66. The van der Waals surface area contributed by atoms with Crippen molar-refractivity contribution in [3.63, 3.8) is 0 Å². The monoisotopic (exact) mass is 443 g/mol. The summed E-state index contributed by atoms with van der Waals surface area (Å²) in [6, 6.07) is 4.17. The van der Waals surface area contributed by atoms with Crippen molar-refractivity contribution in [3.05, 3.63) is 55.4 Å². The summed E-state index contributed by atoms with van der Waals surface area (Å²) in [6.45, 7) is 3.22. The van der Waals surface area contributed by atoms with E-state index in [0.717, 1.165) is 27.2 Å². The fraction of sp³-hybridized carbons (Fsp3) is 0.278. The van der Waals surface area contributed by atoms with Gasteiger partial charge in [0.15, 0.2) is 6.61 Å². The summed E-state index contributed by atoms with van der Waals surface area (Å²) in [7, 11) is 0. The number of fused-ring (bicyclic) bond motifs is 1. The van der Waals surface area contributed by atoms with Crippen molar-refractivity contribution in [3.8, 4) is 5.75 Å². The van der Waals surface area contributed by atoms with E-state index in [2.05, 4.69) is 10.4 Å². The van der Waals surface area contributed by atoms with Gasteiger partial charge in [-0.2, -0.15) is 17.8 Å². The summed E-state index contributed by atoms with van der Waals surface area (Å²) < 4.78 is 44.3. The van der Waals surface area contributed by atoms with E-state index in [4.69, 9.17) is 17.0 Å². The molecular weight excluding hydrogens is 427 g/mol. The molecule has 0 radical (unpaired) electrons. The van der Waals surface area contributed by atoms with Crippen LogP contribution in [0.5, 0.6) is 5.75 Å². The summed E-state index contributed by atoms with van der Waals surface area (Å²) in [5, 5.41) is 0.447. The van der Waals surface area contributed by atoms with Gasteiger partial charge in [0.2, 0.25) is 4.77 Å². The first kappa shape index (κ1) is 21.1. The maximum Gasteiger partial charge on any atom is 0.416 e. The lowest BCUT2D eigenvalue weighted by molar-refractivity contribution is -0.137. The number of nitrogens with one attached hydrogen (secondary N) is 2. The quantitative estimate of drug-likeness (QED) is 0.581. The SMILES string of the molecule is CCc1c(C)sc2[nH]c(=S)n(NC(=O)COc3cccc(C(F)(F)F)c3)c(=O)c12. The van der Waals surface area contributed by atoms with Crippen LogP contribution in [-0.2, 0) is 17.4 Å². The highest BCUT2D eigenvalue weighted by molar-refractivity contribution is 7.71. The van der Waals surface area contributed by atoms with E-state index < -0.39 is 29.8 Å². The minimum atomic E-state index is -4.52. The average molecular weight is 443 g/mol. The van der Waals surface area contributed by atoms with Crippen LogP contribution in [0.4, 0.5) is 13.2 Å². The first-order chi connectivity index (χ1) is 13.6. The largest absolute Gasteiger partial charge is 0.484 e. The van der Waals surface area contributed by atoms with Crippen molar-refractivity contribution < 1.29 is 22.7 Å². The molecule has 11 heteroatoms. The number of nitrogens with zero attached hydrogens (tertiary/aromatic N) is 1. The van der Waals surface area contributed by atoms with Crippen LogP contribution in [0, 0.1) is 11.7 Å². The minimum absolute atomic E-state index is 0.00109. The molecule has 0 saturated carbocycles. The van der Waals surface area contributed by atoms with E-state index in [-0.39, 0.29) is 10.5 Å². The molecule has 0 aliphatic carbocycles. The van der Waals surface area contributed by atoms with Gasteiger partial charge in [0.1, 0.15) is 10.6 Å². The Morgan fingerprint density at radius 2 is 2.10 bits per heavy atom. The number of ether oxygens (including phenoxy) is 1. The molecule has 0 bridgehead atoms. The zero-order chi connectivity index (χ0) is 21.3. The van der Waals surface area contributed by atoms with Crippen LogP contribution >= 0.6 is 23.6 Å². The molecule has 1 aromatic carbocycles. The number of rotatable bonds is 5. The molecule has 2 N–H and O–H groups in total. The number of aryl methyl sites for hydroxylation is 2. The molecule has 6 nitrogen and oxygen atoms in total. The fourth-order valence-corrected chi connectivity index (χ4v) is 4.28. The first-order valence-electron chi connectivity index (χ1n) is 8.49. The summed E-state index contributed by atoms with van der Waals surface area (Å²) in [4.78, 5) is 29.5. The zero-order valence-corrected chi connectivity index (χ0v) is 17.0. The molecule has 0 atom stereocenters. The predicted molar refractivity (Wildman–Crippen MR) is 107 cm³/mol. The van der Waals surface area contributed by atoms with Gasteiger partial charge in [-0.25, -0.2) is 0 Å². The molecule has 154 valence electrons. The summed E-state index contributed by atoms with van der Waals surface area (Å²) in [5.41, 5.74) is 1.83. The Kier molecular flexibility index (Phi) is 5.80. The molecular formula is C18H16F3N3O3S2.